The minimum atomic E-state index is -0.653. The highest BCUT2D eigenvalue weighted by Crippen LogP contribution is 2.30. The topological polar surface area (TPSA) is 43.4 Å². The first-order valence-corrected chi connectivity index (χ1v) is 4.81. The SMILES string of the molecule is Cc1ccsc1C1C(=O)COC1=O. The molecule has 2 heterocycles. The van der Waals surface area contributed by atoms with Crippen molar-refractivity contribution in [1.29, 1.82) is 0 Å². The molecule has 13 heavy (non-hydrogen) atoms. The molecule has 1 fully saturated rings. The minimum Gasteiger partial charge on any atom is -0.457 e. The Balaban J connectivity index is 2.40. The van der Waals surface area contributed by atoms with Crippen molar-refractivity contribution in [3.8, 4) is 0 Å². The summed E-state index contributed by atoms with van der Waals surface area (Å²) in [5, 5.41) is 1.88. The smallest absolute Gasteiger partial charge is 0.322 e. The van der Waals surface area contributed by atoms with Gasteiger partial charge in [-0.3, -0.25) is 9.59 Å². The molecule has 1 aliphatic rings. The van der Waals surface area contributed by atoms with Gasteiger partial charge in [-0.15, -0.1) is 11.3 Å². The Morgan fingerprint density at radius 3 is 2.77 bits per heavy atom. The highest BCUT2D eigenvalue weighted by Gasteiger charge is 2.38. The molecule has 1 aliphatic heterocycles. The summed E-state index contributed by atoms with van der Waals surface area (Å²) in [6, 6.07) is 1.90. The van der Waals surface area contributed by atoms with Gasteiger partial charge in [0, 0.05) is 4.88 Å². The van der Waals surface area contributed by atoms with Gasteiger partial charge in [0.2, 0.25) is 0 Å². The van der Waals surface area contributed by atoms with E-state index in [0.717, 1.165) is 10.4 Å². The lowest BCUT2D eigenvalue weighted by atomic mass is 10.0. The molecule has 0 aliphatic carbocycles. The molecule has 0 radical (unpaired) electrons. The first-order chi connectivity index (χ1) is 6.20. The summed E-state index contributed by atoms with van der Waals surface area (Å²) in [7, 11) is 0. The molecule has 1 aromatic heterocycles. The molecule has 0 spiro atoms. The van der Waals surface area contributed by atoms with Crippen LogP contribution in [0.1, 0.15) is 16.4 Å². The average molecular weight is 196 g/mol. The summed E-state index contributed by atoms with van der Waals surface area (Å²) < 4.78 is 4.67. The van der Waals surface area contributed by atoms with Gasteiger partial charge in [-0.2, -0.15) is 0 Å². The van der Waals surface area contributed by atoms with Crippen LogP contribution in [0.25, 0.3) is 0 Å². The normalized spacial score (nSPS) is 22.1. The zero-order valence-corrected chi connectivity index (χ0v) is 7.89. The second kappa shape index (κ2) is 2.96. The van der Waals surface area contributed by atoms with Gasteiger partial charge in [0.15, 0.2) is 18.3 Å². The number of Topliss-reactive ketones (excluding diaryl/α,β-unsaturated/α-hetero) is 1. The molecule has 0 saturated carbocycles. The van der Waals surface area contributed by atoms with Crippen molar-refractivity contribution in [2.75, 3.05) is 6.61 Å². The number of ether oxygens (including phenoxy) is 1. The van der Waals surface area contributed by atoms with Crippen LogP contribution in [0.4, 0.5) is 0 Å². The molecule has 2 rings (SSSR count). The van der Waals surface area contributed by atoms with Gasteiger partial charge in [-0.1, -0.05) is 0 Å². The number of carbonyl (C=O) groups is 2. The molecule has 0 aromatic carbocycles. The van der Waals surface area contributed by atoms with E-state index in [2.05, 4.69) is 4.74 Å². The summed E-state index contributed by atoms with van der Waals surface area (Å²) in [5.74, 6) is -1.19. The first kappa shape index (κ1) is 8.44. The lowest BCUT2D eigenvalue weighted by molar-refractivity contribution is -0.139. The molecular formula is C9H8O3S. The van der Waals surface area contributed by atoms with Gasteiger partial charge in [-0.05, 0) is 23.9 Å². The molecule has 3 nitrogen and oxygen atoms in total. The van der Waals surface area contributed by atoms with E-state index < -0.39 is 11.9 Å². The van der Waals surface area contributed by atoms with Gasteiger partial charge in [0.05, 0.1) is 0 Å². The number of hydrogen-bond acceptors (Lipinski definition) is 4. The lowest BCUT2D eigenvalue weighted by Gasteiger charge is -2.01. The largest absolute Gasteiger partial charge is 0.457 e. The Morgan fingerprint density at radius 1 is 1.54 bits per heavy atom. The third-order valence-electron chi connectivity index (χ3n) is 2.08. The van der Waals surface area contributed by atoms with Crippen LogP contribution in [0.5, 0.6) is 0 Å². The summed E-state index contributed by atoms with van der Waals surface area (Å²) in [6.07, 6.45) is 0. The summed E-state index contributed by atoms with van der Waals surface area (Å²) in [6.45, 7) is 1.82. The van der Waals surface area contributed by atoms with Crippen LogP contribution in [-0.4, -0.2) is 18.4 Å². The molecule has 1 saturated heterocycles. The van der Waals surface area contributed by atoms with Crippen LogP contribution in [0.2, 0.25) is 0 Å². The Labute approximate surface area is 79.3 Å². The van der Waals surface area contributed by atoms with Gasteiger partial charge < -0.3 is 4.74 Å². The summed E-state index contributed by atoms with van der Waals surface area (Å²) in [4.78, 5) is 23.3. The number of esters is 1. The van der Waals surface area contributed by atoms with Crippen LogP contribution in [0, 0.1) is 6.92 Å². The second-order valence-corrected chi connectivity index (χ2v) is 3.92. The van der Waals surface area contributed by atoms with Crippen molar-refractivity contribution in [1.82, 2.24) is 0 Å². The van der Waals surface area contributed by atoms with Crippen molar-refractivity contribution in [3.05, 3.63) is 21.9 Å². The highest BCUT2D eigenvalue weighted by molar-refractivity contribution is 7.10. The van der Waals surface area contributed by atoms with Crippen LogP contribution in [0.3, 0.4) is 0 Å². The number of hydrogen-bond donors (Lipinski definition) is 0. The fraction of sp³-hybridized carbons (Fsp3) is 0.333. The quantitative estimate of drug-likeness (QED) is 0.501. The predicted molar refractivity (Wildman–Crippen MR) is 47.8 cm³/mol. The van der Waals surface area contributed by atoms with Crippen molar-refractivity contribution < 1.29 is 14.3 Å². The van der Waals surface area contributed by atoms with Crippen LogP contribution < -0.4 is 0 Å². The van der Waals surface area contributed by atoms with Crippen molar-refractivity contribution in [2.24, 2.45) is 0 Å². The fourth-order valence-corrected chi connectivity index (χ4v) is 2.41. The van der Waals surface area contributed by atoms with Gasteiger partial charge >= 0.3 is 5.97 Å². The zero-order valence-electron chi connectivity index (χ0n) is 7.07. The van der Waals surface area contributed by atoms with Crippen molar-refractivity contribution >= 4 is 23.1 Å². The first-order valence-electron chi connectivity index (χ1n) is 3.93. The summed E-state index contributed by atoms with van der Waals surface area (Å²) >= 11 is 1.43. The molecule has 4 heteroatoms. The molecule has 0 N–H and O–H groups in total. The van der Waals surface area contributed by atoms with Crippen LogP contribution in [0.15, 0.2) is 11.4 Å². The van der Waals surface area contributed by atoms with E-state index in [1.54, 1.807) is 0 Å². The highest BCUT2D eigenvalue weighted by atomic mass is 32.1. The Bertz CT molecular complexity index is 351. The third-order valence-corrected chi connectivity index (χ3v) is 3.16. The molecule has 0 amide bonds. The lowest BCUT2D eigenvalue weighted by Crippen LogP contribution is -2.12. The maximum atomic E-state index is 11.3. The number of cyclic esters (lactones) is 1. The molecule has 0 bridgehead atoms. The predicted octanol–water partition coefficient (Wildman–Crippen LogP) is 1.27. The minimum absolute atomic E-state index is 0.0686. The fourth-order valence-electron chi connectivity index (χ4n) is 1.37. The van der Waals surface area contributed by atoms with E-state index in [1.165, 1.54) is 11.3 Å². The molecule has 68 valence electrons. The zero-order chi connectivity index (χ0) is 9.42. The van der Waals surface area contributed by atoms with Gasteiger partial charge in [0.25, 0.3) is 0 Å². The second-order valence-electron chi connectivity index (χ2n) is 2.97. The van der Waals surface area contributed by atoms with Crippen molar-refractivity contribution in [2.45, 2.75) is 12.8 Å². The van der Waals surface area contributed by atoms with E-state index in [9.17, 15) is 9.59 Å². The van der Waals surface area contributed by atoms with E-state index in [1.807, 2.05) is 18.4 Å². The van der Waals surface area contributed by atoms with E-state index >= 15 is 0 Å². The third kappa shape index (κ3) is 1.27. The standard InChI is InChI=1S/C9H8O3S/c1-5-2-3-13-8(5)7-6(10)4-12-9(7)11/h2-3,7H,4H2,1H3. The van der Waals surface area contributed by atoms with Crippen molar-refractivity contribution in [3.63, 3.8) is 0 Å². The van der Waals surface area contributed by atoms with Crippen LogP contribution >= 0.6 is 11.3 Å². The number of thiophene rings is 1. The Morgan fingerprint density at radius 2 is 2.31 bits per heavy atom. The number of aryl methyl sites for hydroxylation is 1. The number of carbonyl (C=O) groups excluding carboxylic acids is 2. The van der Waals surface area contributed by atoms with E-state index in [-0.39, 0.29) is 12.4 Å². The molecular weight excluding hydrogens is 188 g/mol. The maximum absolute atomic E-state index is 11.3. The monoisotopic (exact) mass is 196 g/mol. The van der Waals surface area contributed by atoms with E-state index in [4.69, 9.17) is 0 Å². The molecule has 1 aromatic rings. The Hall–Kier alpha value is -1.16. The molecule has 1 unspecified atom stereocenters. The van der Waals surface area contributed by atoms with Gasteiger partial charge in [-0.25, -0.2) is 0 Å². The molecule has 1 atom stereocenters. The number of ketones is 1. The van der Waals surface area contributed by atoms with E-state index in [0.29, 0.717) is 0 Å². The maximum Gasteiger partial charge on any atom is 0.322 e. The Kier molecular flexibility index (Phi) is 1.92. The van der Waals surface area contributed by atoms with Gasteiger partial charge in [0.1, 0.15) is 0 Å². The van der Waals surface area contributed by atoms with Crippen LogP contribution in [-0.2, 0) is 14.3 Å². The number of rotatable bonds is 1. The summed E-state index contributed by atoms with van der Waals surface area (Å²) in [5.41, 5.74) is 0.988. The average Bonchev–Trinajstić information content (AvgIpc) is 2.60.